The predicted molar refractivity (Wildman–Crippen MR) is 80.8 cm³/mol. The molecule has 1 rings (SSSR count). The lowest BCUT2D eigenvalue weighted by Gasteiger charge is -2.14. The van der Waals surface area contributed by atoms with Crippen molar-refractivity contribution in [2.45, 2.75) is 39.2 Å². The van der Waals surface area contributed by atoms with Gasteiger partial charge in [0.15, 0.2) is 0 Å². The maximum absolute atomic E-state index is 11.1. The number of rotatable bonds is 8. The van der Waals surface area contributed by atoms with Crippen LogP contribution in [0.3, 0.4) is 0 Å². The number of nitrogens with two attached hydrogens (primary N) is 1. The molecule has 20 heavy (non-hydrogen) atoms. The molecule has 0 fully saturated rings. The number of hydrogen-bond donors (Lipinski definition) is 1. The van der Waals surface area contributed by atoms with Crippen molar-refractivity contribution in [2.75, 3.05) is 18.6 Å². The van der Waals surface area contributed by atoms with Crippen molar-refractivity contribution >= 4 is 9.84 Å². The average Bonchev–Trinajstić information content (AvgIpc) is 2.35. The second kappa shape index (κ2) is 7.59. The summed E-state index contributed by atoms with van der Waals surface area (Å²) in [6.07, 6.45) is 3.25. The molecule has 1 heterocycles. The summed E-state index contributed by atoms with van der Waals surface area (Å²) < 4.78 is 27.8. The van der Waals surface area contributed by atoms with Crippen LogP contribution in [0.2, 0.25) is 0 Å². The number of hydrogen-bond acceptors (Lipinski definition) is 5. The van der Waals surface area contributed by atoms with Crippen LogP contribution in [0.5, 0.6) is 5.75 Å². The maximum Gasteiger partial charge on any atom is 0.147 e. The fraction of sp³-hybridized carbons (Fsp3) is 0.643. The quantitative estimate of drug-likeness (QED) is 0.735. The predicted octanol–water partition coefficient (Wildman–Crippen LogP) is 1.48. The molecule has 1 aromatic rings. The van der Waals surface area contributed by atoms with E-state index < -0.39 is 9.84 Å². The minimum absolute atomic E-state index is 0.0580. The van der Waals surface area contributed by atoms with Gasteiger partial charge < -0.3 is 10.5 Å². The summed E-state index contributed by atoms with van der Waals surface area (Å²) in [5.41, 5.74) is 7.73. The summed E-state index contributed by atoms with van der Waals surface area (Å²) in [5, 5.41) is 0. The molecule has 0 aliphatic heterocycles. The van der Waals surface area contributed by atoms with Crippen molar-refractivity contribution in [2.24, 2.45) is 5.73 Å². The molecular weight excluding hydrogens is 276 g/mol. The Morgan fingerprint density at radius 3 is 2.70 bits per heavy atom. The van der Waals surface area contributed by atoms with Gasteiger partial charge in [0.05, 0.1) is 18.1 Å². The molecule has 0 aromatic carbocycles. The summed E-state index contributed by atoms with van der Waals surface area (Å²) in [4.78, 5) is 4.47. The van der Waals surface area contributed by atoms with Crippen molar-refractivity contribution in [3.63, 3.8) is 0 Å². The Hall–Kier alpha value is -1.14. The molecule has 0 bridgehead atoms. The highest BCUT2D eigenvalue weighted by molar-refractivity contribution is 7.90. The lowest BCUT2D eigenvalue weighted by molar-refractivity contribution is 0.311. The molecule has 0 saturated heterocycles. The smallest absolute Gasteiger partial charge is 0.147 e. The summed E-state index contributed by atoms with van der Waals surface area (Å²) in [7, 11) is -2.93. The molecule has 0 radical (unpaired) electrons. The van der Waals surface area contributed by atoms with Gasteiger partial charge in [-0.1, -0.05) is 6.92 Å². The Kier molecular flexibility index (Phi) is 6.42. The van der Waals surface area contributed by atoms with Gasteiger partial charge in [0.1, 0.15) is 15.6 Å². The lowest BCUT2D eigenvalue weighted by atomic mass is 10.1. The molecule has 2 N–H and O–H groups in total. The van der Waals surface area contributed by atoms with E-state index in [1.54, 1.807) is 0 Å². The van der Waals surface area contributed by atoms with Crippen LogP contribution in [0, 0.1) is 6.92 Å². The SMILES string of the molecule is CCC(N)Cc1nc(C)ccc1OCCCS(C)(=O)=O. The van der Waals surface area contributed by atoms with E-state index in [4.69, 9.17) is 10.5 Å². The van der Waals surface area contributed by atoms with Gasteiger partial charge in [0.25, 0.3) is 0 Å². The lowest BCUT2D eigenvalue weighted by Crippen LogP contribution is -2.22. The highest BCUT2D eigenvalue weighted by atomic mass is 32.2. The number of aromatic nitrogens is 1. The topological polar surface area (TPSA) is 82.3 Å². The molecule has 1 aromatic heterocycles. The van der Waals surface area contributed by atoms with Crippen LogP contribution in [0.15, 0.2) is 12.1 Å². The van der Waals surface area contributed by atoms with Crippen LogP contribution in [0.25, 0.3) is 0 Å². The molecule has 1 atom stereocenters. The van der Waals surface area contributed by atoms with E-state index in [-0.39, 0.29) is 11.8 Å². The molecule has 5 nitrogen and oxygen atoms in total. The highest BCUT2D eigenvalue weighted by Crippen LogP contribution is 2.19. The van der Waals surface area contributed by atoms with Gasteiger partial charge in [-0.2, -0.15) is 0 Å². The fourth-order valence-electron chi connectivity index (χ4n) is 1.77. The van der Waals surface area contributed by atoms with Gasteiger partial charge in [-0.25, -0.2) is 8.42 Å². The minimum Gasteiger partial charge on any atom is -0.492 e. The van der Waals surface area contributed by atoms with Crippen molar-refractivity contribution in [1.29, 1.82) is 0 Å². The Morgan fingerprint density at radius 2 is 2.10 bits per heavy atom. The van der Waals surface area contributed by atoms with E-state index in [9.17, 15) is 8.42 Å². The summed E-state index contributed by atoms with van der Waals surface area (Å²) >= 11 is 0. The minimum atomic E-state index is -2.93. The molecule has 6 heteroatoms. The molecule has 0 amide bonds. The first-order valence-corrected chi connectivity index (χ1v) is 8.90. The Labute approximate surface area is 121 Å². The molecule has 1 unspecified atom stereocenters. The van der Waals surface area contributed by atoms with Crippen molar-refractivity contribution in [3.05, 3.63) is 23.5 Å². The number of sulfone groups is 1. The Bertz CT molecular complexity index is 529. The van der Waals surface area contributed by atoms with Crippen LogP contribution >= 0.6 is 0 Å². The van der Waals surface area contributed by atoms with Crippen LogP contribution in [-0.2, 0) is 16.3 Å². The van der Waals surface area contributed by atoms with Crippen LogP contribution in [0.4, 0.5) is 0 Å². The zero-order valence-corrected chi connectivity index (χ0v) is 13.2. The van der Waals surface area contributed by atoms with Crippen LogP contribution < -0.4 is 10.5 Å². The second-order valence-electron chi connectivity index (χ2n) is 5.10. The fourth-order valence-corrected chi connectivity index (χ4v) is 2.41. The van der Waals surface area contributed by atoms with Gasteiger partial charge >= 0.3 is 0 Å². The van der Waals surface area contributed by atoms with Gasteiger partial charge in [0.2, 0.25) is 0 Å². The van der Waals surface area contributed by atoms with E-state index in [1.165, 1.54) is 6.26 Å². The van der Waals surface area contributed by atoms with Crippen molar-refractivity contribution < 1.29 is 13.2 Å². The third-order valence-electron chi connectivity index (χ3n) is 2.97. The Balaban J connectivity index is 2.64. The highest BCUT2D eigenvalue weighted by Gasteiger charge is 2.10. The third kappa shape index (κ3) is 6.34. The molecule has 0 aliphatic carbocycles. The molecule has 0 saturated carbocycles. The zero-order chi connectivity index (χ0) is 15.2. The number of ether oxygens (including phenoxy) is 1. The van der Waals surface area contributed by atoms with Crippen molar-refractivity contribution in [1.82, 2.24) is 4.98 Å². The van der Waals surface area contributed by atoms with E-state index >= 15 is 0 Å². The first-order chi connectivity index (χ1) is 9.31. The summed E-state index contributed by atoms with van der Waals surface area (Å²) in [6.45, 7) is 4.33. The first kappa shape index (κ1) is 16.9. The summed E-state index contributed by atoms with van der Waals surface area (Å²) in [6, 6.07) is 3.82. The van der Waals surface area contributed by atoms with Gasteiger partial charge in [-0.3, -0.25) is 4.98 Å². The number of aryl methyl sites for hydroxylation is 1. The number of pyridine rings is 1. The maximum atomic E-state index is 11.1. The molecular formula is C14H24N2O3S. The van der Waals surface area contributed by atoms with Gasteiger partial charge in [-0.05, 0) is 31.9 Å². The standard InChI is InChI=1S/C14H24N2O3S/c1-4-12(15)10-13-14(7-6-11(2)16-13)19-8-5-9-20(3,17)18/h6-7,12H,4-5,8-10,15H2,1-3H3. The van der Waals surface area contributed by atoms with Crippen LogP contribution in [0.1, 0.15) is 31.2 Å². The largest absolute Gasteiger partial charge is 0.492 e. The summed E-state index contributed by atoms with van der Waals surface area (Å²) in [5.74, 6) is 0.837. The molecule has 0 spiro atoms. The van der Waals surface area contributed by atoms with Crippen LogP contribution in [-0.4, -0.2) is 38.1 Å². The molecule has 114 valence electrons. The third-order valence-corrected chi connectivity index (χ3v) is 4.00. The molecule has 0 aliphatic rings. The number of nitrogens with zero attached hydrogens (tertiary/aromatic N) is 1. The van der Waals surface area contributed by atoms with Gasteiger partial charge in [0, 0.05) is 24.4 Å². The monoisotopic (exact) mass is 300 g/mol. The van der Waals surface area contributed by atoms with Gasteiger partial charge in [-0.15, -0.1) is 0 Å². The van der Waals surface area contributed by atoms with E-state index in [0.717, 1.165) is 17.8 Å². The first-order valence-electron chi connectivity index (χ1n) is 6.84. The normalized spacial score (nSPS) is 13.2. The van der Waals surface area contributed by atoms with E-state index in [1.807, 2.05) is 26.0 Å². The van der Waals surface area contributed by atoms with Crippen molar-refractivity contribution in [3.8, 4) is 5.75 Å². The zero-order valence-electron chi connectivity index (χ0n) is 12.4. The van der Waals surface area contributed by atoms with E-state index in [2.05, 4.69) is 4.98 Å². The average molecular weight is 300 g/mol. The Morgan fingerprint density at radius 1 is 1.40 bits per heavy atom. The second-order valence-corrected chi connectivity index (χ2v) is 7.36. The van der Waals surface area contributed by atoms with E-state index in [0.29, 0.717) is 25.2 Å².